The van der Waals surface area contributed by atoms with Gasteiger partial charge in [0.1, 0.15) is 0 Å². The number of nitrogens with one attached hydrogen (secondary N) is 1. The molecule has 0 heterocycles. The molecule has 4 heteroatoms. The molecule has 1 aromatic rings. The van der Waals surface area contributed by atoms with Crippen LogP contribution in [-0.2, 0) is 0 Å². The molecule has 0 unspecified atom stereocenters. The molecule has 0 aliphatic rings. The molecule has 0 bridgehead atoms. The summed E-state index contributed by atoms with van der Waals surface area (Å²) < 4.78 is 0. The molecule has 0 fully saturated rings. The molecule has 0 spiro atoms. The highest BCUT2D eigenvalue weighted by Gasteiger charge is 2.05. The van der Waals surface area contributed by atoms with Gasteiger partial charge < -0.3 is 10.2 Å². The van der Waals surface area contributed by atoms with Gasteiger partial charge in [-0.25, -0.2) is 0 Å². The summed E-state index contributed by atoms with van der Waals surface area (Å²) in [5.41, 5.74) is 1.64. The molecule has 1 rings (SSSR count). The summed E-state index contributed by atoms with van der Waals surface area (Å²) in [4.78, 5) is 1.89. The number of nitrogens with zero attached hydrogens (tertiary/aromatic N) is 2. The lowest BCUT2D eigenvalue weighted by Crippen LogP contribution is -2.37. The fourth-order valence-corrected chi connectivity index (χ4v) is 1.43. The quantitative estimate of drug-likeness (QED) is 0.813. The number of benzene rings is 1. The fraction of sp³-hybridized carbons (Fsp3) is 0.333. The highest BCUT2D eigenvalue weighted by molar-refractivity contribution is 7.80. The van der Waals surface area contributed by atoms with E-state index in [4.69, 9.17) is 17.5 Å². The molecule has 0 aromatic heterocycles. The number of thiocarbonyl (C=S) groups is 1. The third kappa shape index (κ3) is 3.21. The van der Waals surface area contributed by atoms with Crippen LogP contribution in [-0.4, -0.2) is 18.7 Å². The fourth-order valence-electron chi connectivity index (χ4n) is 1.23. The molecule has 3 nitrogen and oxygen atoms in total. The molecule has 1 N–H and O–H groups in total. The zero-order valence-corrected chi connectivity index (χ0v) is 10.3. The van der Waals surface area contributed by atoms with E-state index in [1.165, 1.54) is 0 Å². The van der Waals surface area contributed by atoms with E-state index in [0.29, 0.717) is 10.7 Å². The SMILES string of the molecule is CCCNC(=S)N(C)c1ccc(C#N)cc1. The molecule has 0 saturated heterocycles. The van der Waals surface area contributed by atoms with Crippen molar-refractivity contribution in [2.24, 2.45) is 0 Å². The monoisotopic (exact) mass is 233 g/mol. The lowest BCUT2D eigenvalue weighted by atomic mass is 10.2. The van der Waals surface area contributed by atoms with Gasteiger partial charge in [0.2, 0.25) is 0 Å². The molecule has 16 heavy (non-hydrogen) atoms. The summed E-state index contributed by atoms with van der Waals surface area (Å²) in [7, 11) is 1.91. The zero-order valence-electron chi connectivity index (χ0n) is 9.53. The zero-order chi connectivity index (χ0) is 12.0. The first-order chi connectivity index (χ1) is 7.69. The van der Waals surface area contributed by atoms with E-state index in [1.807, 2.05) is 24.1 Å². The summed E-state index contributed by atoms with van der Waals surface area (Å²) in [5, 5.41) is 12.5. The minimum absolute atomic E-state index is 0.657. The number of anilines is 1. The van der Waals surface area contributed by atoms with E-state index in [2.05, 4.69) is 18.3 Å². The van der Waals surface area contributed by atoms with Gasteiger partial charge in [-0.2, -0.15) is 5.26 Å². The van der Waals surface area contributed by atoms with Gasteiger partial charge in [0.05, 0.1) is 11.6 Å². The summed E-state index contributed by atoms with van der Waals surface area (Å²) in [5.74, 6) is 0. The van der Waals surface area contributed by atoms with Gasteiger partial charge in [-0.15, -0.1) is 0 Å². The highest BCUT2D eigenvalue weighted by Crippen LogP contribution is 2.13. The Labute approximate surface area is 102 Å². The van der Waals surface area contributed by atoms with E-state index < -0.39 is 0 Å². The average molecular weight is 233 g/mol. The van der Waals surface area contributed by atoms with Crippen molar-refractivity contribution in [1.82, 2.24) is 5.32 Å². The van der Waals surface area contributed by atoms with E-state index in [-0.39, 0.29) is 0 Å². The first-order valence-corrected chi connectivity index (χ1v) is 5.61. The minimum Gasteiger partial charge on any atom is -0.362 e. The van der Waals surface area contributed by atoms with Crippen LogP contribution >= 0.6 is 12.2 Å². The average Bonchev–Trinajstić information content (AvgIpc) is 2.35. The maximum Gasteiger partial charge on any atom is 0.173 e. The second kappa shape index (κ2) is 6.09. The third-order valence-corrected chi connectivity index (χ3v) is 2.63. The summed E-state index contributed by atoms with van der Waals surface area (Å²) >= 11 is 5.24. The maximum absolute atomic E-state index is 8.69. The molecule has 0 radical (unpaired) electrons. The number of rotatable bonds is 3. The van der Waals surface area contributed by atoms with Crippen LogP contribution in [0.2, 0.25) is 0 Å². The van der Waals surface area contributed by atoms with Crippen LogP contribution in [0, 0.1) is 11.3 Å². The largest absolute Gasteiger partial charge is 0.362 e. The van der Waals surface area contributed by atoms with E-state index in [0.717, 1.165) is 18.7 Å². The van der Waals surface area contributed by atoms with Gasteiger partial charge in [0, 0.05) is 19.3 Å². The van der Waals surface area contributed by atoms with Crippen molar-refractivity contribution in [2.45, 2.75) is 13.3 Å². The van der Waals surface area contributed by atoms with Gasteiger partial charge in [0.15, 0.2) is 5.11 Å². The predicted molar refractivity (Wildman–Crippen MR) is 70.5 cm³/mol. The molecule has 0 amide bonds. The maximum atomic E-state index is 8.69. The van der Waals surface area contributed by atoms with E-state index in [9.17, 15) is 0 Å². The Balaban J connectivity index is 2.69. The highest BCUT2D eigenvalue weighted by atomic mass is 32.1. The van der Waals surface area contributed by atoms with E-state index in [1.54, 1.807) is 12.1 Å². The molecule has 1 aromatic carbocycles. The van der Waals surface area contributed by atoms with Gasteiger partial charge in [-0.05, 0) is 42.9 Å². The number of hydrogen-bond acceptors (Lipinski definition) is 2. The van der Waals surface area contributed by atoms with Crippen molar-refractivity contribution in [3.63, 3.8) is 0 Å². The van der Waals surface area contributed by atoms with Crippen molar-refractivity contribution >= 4 is 23.0 Å². The molecule has 0 aliphatic heterocycles. The van der Waals surface area contributed by atoms with Crippen LogP contribution in [0.25, 0.3) is 0 Å². The van der Waals surface area contributed by atoms with Crippen molar-refractivity contribution < 1.29 is 0 Å². The van der Waals surface area contributed by atoms with Crippen LogP contribution < -0.4 is 10.2 Å². The van der Waals surface area contributed by atoms with Crippen LogP contribution in [0.3, 0.4) is 0 Å². The number of hydrogen-bond donors (Lipinski definition) is 1. The van der Waals surface area contributed by atoms with Crippen molar-refractivity contribution in [3.05, 3.63) is 29.8 Å². The molecule has 0 saturated carbocycles. The van der Waals surface area contributed by atoms with Crippen molar-refractivity contribution in [3.8, 4) is 6.07 Å². The Morgan fingerprint density at radius 3 is 2.56 bits per heavy atom. The topological polar surface area (TPSA) is 39.1 Å². The molecule has 84 valence electrons. The summed E-state index contributed by atoms with van der Waals surface area (Å²) in [6.07, 6.45) is 1.04. The Morgan fingerprint density at radius 2 is 2.06 bits per heavy atom. The first-order valence-electron chi connectivity index (χ1n) is 5.20. The van der Waals surface area contributed by atoms with Crippen molar-refractivity contribution in [1.29, 1.82) is 5.26 Å². The Morgan fingerprint density at radius 1 is 1.44 bits per heavy atom. The van der Waals surface area contributed by atoms with Crippen LogP contribution in [0.5, 0.6) is 0 Å². The summed E-state index contributed by atoms with van der Waals surface area (Å²) in [6, 6.07) is 9.44. The van der Waals surface area contributed by atoms with Crippen LogP contribution in [0.4, 0.5) is 5.69 Å². The smallest absolute Gasteiger partial charge is 0.173 e. The van der Waals surface area contributed by atoms with E-state index >= 15 is 0 Å². The molecular weight excluding hydrogens is 218 g/mol. The normalized spacial score (nSPS) is 9.31. The lowest BCUT2D eigenvalue weighted by molar-refractivity contribution is 0.837. The van der Waals surface area contributed by atoms with Gasteiger partial charge >= 0.3 is 0 Å². The number of nitriles is 1. The Bertz CT molecular complexity index is 392. The molecule has 0 atom stereocenters. The second-order valence-electron chi connectivity index (χ2n) is 3.45. The Kier molecular flexibility index (Phi) is 4.74. The van der Waals surface area contributed by atoms with Crippen LogP contribution in [0.15, 0.2) is 24.3 Å². The third-order valence-electron chi connectivity index (χ3n) is 2.21. The van der Waals surface area contributed by atoms with Gasteiger partial charge in [-0.3, -0.25) is 0 Å². The van der Waals surface area contributed by atoms with Gasteiger partial charge in [-0.1, -0.05) is 6.92 Å². The Hall–Kier alpha value is -1.60. The standard InChI is InChI=1S/C12H15N3S/c1-3-8-14-12(16)15(2)11-6-4-10(9-13)5-7-11/h4-7H,3,8H2,1-2H3,(H,14,16). The summed E-state index contributed by atoms with van der Waals surface area (Å²) in [6.45, 7) is 2.97. The second-order valence-corrected chi connectivity index (χ2v) is 3.84. The first kappa shape index (κ1) is 12.5. The van der Waals surface area contributed by atoms with Gasteiger partial charge in [0.25, 0.3) is 0 Å². The van der Waals surface area contributed by atoms with Crippen LogP contribution in [0.1, 0.15) is 18.9 Å². The molecule has 0 aliphatic carbocycles. The predicted octanol–water partition coefficient (Wildman–Crippen LogP) is 2.28. The lowest BCUT2D eigenvalue weighted by Gasteiger charge is -2.20. The molecular formula is C12H15N3S. The van der Waals surface area contributed by atoms with Crippen molar-refractivity contribution in [2.75, 3.05) is 18.5 Å². The minimum atomic E-state index is 0.657.